The molecule has 2 aromatic rings. The smallest absolute Gasteiger partial charge is 0.213 e. The van der Waals surface area contributed by atoms with Crippen LogP contribution in [0, 0.1) is 0 Å². The lowest BCUT2D eigenvalue weighted by molar-refractivity contribution is -0.107. The molecule has 2 nitrogen and oxygen atoms in total. The Kier molecular flexibility index (Phi) is 4.07. The zero-order valence-corrected chi connectivity index (χ0v) is 12.4. The van der Waals surface area contributed by atoms with Crippen LogP contribution >= 0.6 is 38.9 Å². The molecule has 5 heteroatoms. The zero-order chi connectivity index (χ0) is 12.4. The van der Waals surface area contributed by atoms with Gasteiger partial charge in [0.15, 0.2) is 0 Å². The second kappa shape index (κ2) is 5.38. The summed E-state index contributed by atoms with van der Waals surface area (Å²) < 4.78 is 1.11. The highest BCUT2D eigenvalue weighted by molar-refractivity contribution is 9.09. The quantitative estimate of drug-likeness (QED) is 0.610. The van der Waals surface area contributed by atoms with Crippen LogP contribution in [0.1, 0.15) is 5.56 Å². The second-order valence-electron chi connectivity index (χ2n) is 3.72. The summed E-state index contributed by atoms with van der Waals surface area (Å²) in [4.78, 5) is 12.4. The molecule has 0 aliphatic carbocycles. The first-order chi connectivity index (χ1) is 8.17. The van der Waals surface area contributed by atoms with Gasteiger partial charge >= 0.3 is 0 Å². The van der Waals surface area contributed by atoms with E-state index < -0.39 is 0 Å². The second-order valence-corrected chi connectivity index (χ2v) is 5.83. The number of hydrogen-bond donors (Lipinski definition) is 0. The number of hydrogen-bond acceptors (Lipinski definition) is 2. The van der Waals surface area contributed by atoms with Crippen molar-refractivity contribution >= 4 is 61.1 Å². The predicted molar refractivity (Wildman–Crippen MR) is 78.8 cm³/mol. The average molecular weight is 333 g/mol. The van der Waals surface area contributed by atoms with Crippen molar-refractivity contribution in [2.24, 2.45) is 0 Å². The Morgan fingerprint density at radius 1 is 1.53 bits per heavy atom. The fourth-order valence-electron chi connectivity index (χ4n) is 1.75. The number of thiophene rings is 1. The number of anilines is 1. The highest BCUT2D eigenvalue weighted by Gasteiger charge is 2.12. The van der Waals surface area contributed by atoms with Gasteiger partial charge in [-0.05, 0) is 34.9 Å². The van der Waals surface area contributed by atoms with Crippen LogP contribution in [0.4, 0.5) is 5.69 Å². The lowest BCUT2D eigenvalue weighted by Crippen LogP contribution is -2.13. The maximum absolute atomic E-state index is 10.9. The minimum atomic E-state index is 0.662. The maximum Gasteiger partial charge on any atom is 0.213 e. The van der Waals surface area contributed by atoms with E-state index in [2.05, 4.69) is 21.3 Å². The third-order valence-corrected chi connectivity index (χ3v) is 4.28. The lowest BCUT2D eigenvalue weighted by atomic mass is 10.1. The number of amides is 1. The van der Waals surface area contributed by atoms with Gasteiger partial charge in [-0.2, -0.15) is 0 Å². The van der Waals surface area contributed by atoms with Gasteiger partial charge in [0.05, 0.1) is 10.4 Å². The Bertz CT molecular complexity index is 555. The number of benzene rings is 1. The highest BCUT2D eigenvalue weighted by Crippen LogP contribution is 2.36. The molecule has 90 valence electrons. The number of carbonyl (C=O) groups is 1. The molecule has 0 unspecified atom stereocenters. The molecule has 17 heavy (non-hydrogen) atoms. The minimum Gasteiger partial charge on any atom is -0.317 e. The van der Waals surface area contributed by atoms with Crippen molar-refractivity contribution in [1.29, 1.82) is 0 Å². The van der Waals surface area contributed by atoms with Gasteiger partial charge in [-0.15, -0.1) is 11.3 Å². The van der Waals surface area contributed by atoms with Crippen molar-refractivity contribution in [3.63, 3.8) is 0 Å². The Morgan fingerprint density at radius 3 is 2.94 bits per heavy atom. The summed E-state index contributed by atoms with van der Waals surface area (Å²) in [6.07, 6.45) is 1.76. The van der Waals surface area contributed by atoms with Crippen molar-refractivity contribution in [2.45, 2.75) is 6.42 Å². The van der Waals surface area contributed by atoms with Gasteiger partial charge in [-0.3, -0.25) is 4.79 Å². The van der Waals surface area contributed by atoms with E-state index in [9.17, 15) is 4.79 Å². The molecule has 0 N–H and O–H groups in total. The molecule has 1 aromatic carbocycles. The van der Waals surface area contributed by atoms with Crippen LogP contribution in [-0.2, 0) is 11.2 Å². The summed E-state index contributed by atoms with van der Waals surface area (Å²) in [6, 6.07) is 3.79. The maximum atomic E-state index is 10.9. The fraction of sp³-hybridized carbons (Fsp3) is 0.250. The van der Waals surface area contributed by atoms with Crippen molar-refractivity contribution in [2.75, 3.05) is 17.3 Å². The Balaban J connectivity index is 2.65. The molecular formula is C12H11BrClNOS. The van der Waals surface area contributed by atoms with Crippen LogP contribution in [0.15, 0.2) is 17.5 Å². The third kappa shape index (κ3) is 2.49. The standard InChI is InChI=1S/C12H11BrClNOS/c1-15(7-16)11-5-9(14)4-10-8(2-3-13)6-17-12(10)11/h4-7H,2-3H2,1H3. The van der Waals surface area contributed by atoms with Gasteiger partial charge in [0.25, 0.3) is 0 Å². The Labute approximate surface area is 117 Å². The van der Waals surface area contributed by atoms with Gasteiger partial charge < -0.3 is 4.90 Å². The molecule has 0 radical (unpaired) electrons. The molecule has 0 aliphatic rings. The molecule has 1 heterocycles. The molecule has 0 fully saturated rings. The molecule has 0 bridgehead atoms. The first-order valence-corrected chi connectivity index (χ1v) is 7.49. The lowest BCUT2D eigenvalue weighted by Gasteiger charge is -2.12. The van der Waals surface area contributed by atoms with Gasteiger partial charge in [0.2, 0.25) is 6.41 Å². The number of alkyl halides is 1. The molecule has 0 saturated carbocycles. The van der Waals surface area contributed by atoms with Crippen LogP contribution in [0.2, 0.25) is 5.02 Å². The number of nitrogens with zero attached hydrogens (tertiary/aromatic N) is 1. The predicted octanol–water partition coefficient (Wildman–Crippen LogP) is 4.08. The first kappa shape index (κ1) is 12.9. The largest absolute Gasteiger partial charge is 0.317 e. The van der Waals surface area contributed by atoms with E-state index in [1.165, 1.54) is 5.56 Å². The number of rotatable bonds is 4. The van der Waals surface area contributed by atoms with Crippen LogP contribution in [0.5, 0.6) is 0 Å². The normalized spacial score (nSPS) is 10.8. The summed E-state index contributed by atoms with van der Waals surface area (Å²) in [7, 11) is 1.74. The van der Waals surface area contributed by atoms with E-state index in [0.717, 1.165) is 33.9 Å². The highest BCUT2D eigenvalue weighted by atomic mass is 79.9. The summed E-state index contributed by atoms with van der Waals surface area (Å²) >= 11 is 11.2. The molecule has 0 atom stereocenters. The minimum absolute atomic E-state index is 0.662. The van der Waals surface area contributed by atoms with Crippen LogP contribution < -0.4 is 4.90 Å². The number of carbonyl (C=O) groups excluding carboxylic acids is 1. The van der Waals surface area contributed by atoms with E-state index >= 15 is 0 Å². The van der Waals surface area contributed by atoms with E-state index in [1.807, 2.05) is 12.1 Å². The molecule has 0 spiro atoms. The van der Waals surface area contributed by atoms with E-state index in [1.54, 1.807) is 23.3 Å². The van der Waals surface area contributed by atoms with Gasteiger partial charge in [0, 0.05) is 17.4 Å². The molecule has 2 rings (SSSR count). The molecular weight excluding hydrogens is 322 g/mol. The van der Waals surface area contributed by atoms with Crippen LogP contribution in [0.25, 0.3) is 10.1 Å². The van der Waals surface area contributed by atoms with Crippen molar-refractivity contribution in [3.05, 3.63) is 28.1 Å². The average Bonchev–Trinajstić information content (AvgIpc) is 2.71. The number of halogens is 2. The van der Waals surface area contributed by atoms with E-state index in [4.69, 9.17) is 11.6 Å². The molecule has 1 amide bonds. The number of fused-ring (bicyclic) bond motifs is 1. The summed E-state index contributed by atoms with van der Waals surface area (Å²) in [5.74, 6) is 0. The summed E-state index contributed by atoms with van der Waals surface area (Å²) in [5, 5.41) is 4.86. The molecule has 0 saturated heterocycles. The first-order valence-electron chi connectivity index (χ1n) is 5.11. The van der Waals surface area contributed by atoms with Gasteiger partial charge in [-0.25, -0.2) is 0 Å². The SMILES string of the molecule is CN(C=O)c1cc(Cl)cc2c(CCBr)csc12. The fourth-order valence-corrected chi connectivity index (χ4v) is 3.53. The number of aryl methyl sites for hydroxylation is 1. The molecule has 1 aromatic heterocycles. The van der Waals surface area contributed by atoms with E-state index in [0.29, 0.717) is 5.02 Å². The monoisotopic (exact) mass is 331 g/mol. The topological polar surface area (TPSA) is 20.3 Å². The molecule has 0 aliphatic heterocycles. The van der Waals surface area contributed by atoms with E-state index in [-0.39, 0.29) is 0 Å². The van der Waals surface area contributed by atoms with Gasteiger partial charge in [-0.1, -0.05) is 27.5 Å². The van der Waals surface area contributed by atoms with Crippen molar-refractivity contribution in [3.8, 4) is 0 Å². The third-order valence-electron chi connectivity index (χ3n) is 2.60. The summed E-state index contributed by atoms with van der Waals surface area (Å²) in [6.45, 7) is 0. The van der Waals surface area contributed by atoms with Crippen LogP contribution in [-0.4, -0.2) is 18.8 Å². The van der Waals surface area contributed by atoms with Crippen molar-refractivity contribution in [1.82, 2.24) is 0 Å². The van der Waals surface area contributed by atoms with Crippen LogP contribution in [0.3, 0.4) is 0 Å². The zero-order valence-electron chi connectivity index (χ0n) is 9.24. The van der Waals surface area contributed by atoms with Gasteiger partial charge in [0.1, 0.15) is 0 Å². The van der Waals surface area contributed by atoms with Crippen molar-refractivity contribution < 1.29 is 4.79 Å². The summed E-state index contributed by atoms with van der Waals surface area (Å²) in [5.41, 5.74) is 2.14. The Hall–Kier alpha value is -0.580. The Morgan fingerprint density at radius 2 is 2.29 bits per heavy atom.